The maximum atomic E-state index is 12.0. The van der Waals surface area contributed by atoms with Gasteiger partial charge >= 0.3 is 64.9 Å². The van der Waals surface area contributed by atoms with Gasteiger partial charge in [0.1, 0.15) is 49.2 Å². The topological polar surface area (TPSA) is 222 Å². The average Bonchev–Trinajstić information content (AvgIpc) is 3.34. The number of ether oxygens (including phenoxy) is 7. The summed E-state index contributed by atoms with van der Waals surface area (Å²) in [5.74, 6) is 0.814. The van der Waals surface area contributed by atoms with Crippen molar-refractivity contribution >= 4 is 128 Å². The van der Waals surface area contributed by atoms with E-state index in [9.17, 15) is 9.59 Å². The number of carbonyl (C=O) groups excluding carboxylic acids is 2. The van der Waals surface area contributed by atoms with E-state index in [4.69, 9.17) is 72.6 Å². The molecule has 398 valence electrons. The summed E-state index contributed by atoms with van der Waals surface area (Å²) < 4.78 is 37.6. The van der Waals surface area contributed by atoms with Crippen LogP contribution in [0.25, 0.3) is 0 Å². The molecule has 4 N–H and O–H groups in total. The molecule has 2 aromatic heterocycles. The number of aromatic nitrogens is 2. The number of nitrogens with zero attached hydrogens (tertiary/aromatic N) is 4. The second kappa shape index (κ2) is 44.6. The van der Waals surface area contributed by atoms with E-state index in [1.54, 1.807) is 73.9 Å². The van der Waals surface area contributed by atoms with E-state index in [1.807, 2.05) is 76.2 Å². The van der Waals surface area contributed by atoms with Crippen LogP contribution in [0.4, 0.5) is 17.1 Å². The first-order chi connectivity index (χ1) is 34.1. The van der Waals surface area contributed by atoms with E-state index in [2.05, 4.69) is 96.5 Å². The van der Waals surface area contributed by atoms with Gasteiger partial charge in [0, 0.05) is 55.3 Å². The summed E-state index contributed by atoms with van der Waals surface area (Å²) in [6.07, 6.45) is 4.30. The number of nitrogens with two attached hydrogens (primary N) is 1. The number of halogens is 6. The first-order valence-electron chi connectivity index (χ1n) is 21.3. The Morgan fingerprint density at radius 3 is 1.60 bits per heavy atom. The van der Waals surface area contributed by atoms with Crippen molar-refractivity contribution in [3.8, 4) is 29.4 Å². The molecule has 2 amide bonds. The van der Waals surface area contributed by atoms with E-state index in [1.165, 1.54) is 0 Å². The fourth-order valence-corrected chi connectivity index (χ4v) is 5.60. The molecule has 3 aromatic carbocycles. The van der Waals surface area contributed by atoms with Crippen molar-refractivity contribution in [1.82, 2.24) is 9.97 Å². The molecule has 0 spiro atoms. The van der Waals surface area contributed by atoms with E-state index < -0.39 is 12.4 Å². The Labute approximate surface area is 486 Å². The third-order valence-electron chi connectivity index (χ3n) is 7.74. The minimum atomic E-state index is -0.575. The number of hydrogen-bond acceptors (Lipinski definition) is 14. The van der Waals surface area contributed by atoms with Crippen LogP contribution in [0, 0.1) is 22.7 Å². The van der Waals surface area contributed by atoms with Crippen LogP contribution in [-0.4, -0.2) is 61.3 Å². The summed E-state index contributed by atoms with van der Waals surface area (Å²) in [4.78, 5) is 31.3. The van der Waals surface area contributed by atoms with Gasteiger partial charge in [-0.3, -0.25) is 19.6 Å². The molecule has 16 nitrogen and oxygen atoms in total. The zero-order valence-electron chi connectivity index (χ0n) is 39.4. The monoisotopic (exact) mass is 1480 g/mol. The summed E-state index contributed by atoms with van der Waals surface area (Å²) in [5.41, 5.74) is 8.67. The average molecular weight is 1490 g/mol. The fraction of sp³-hybridized carbons (Fsp3) is 0.320. The molecule has 73 heavy (non-hydrogen) atoms. The Morgan fingerprint density at radius 2 is 1.21 bits per heavy atom. The number of carbonyl (C=O) groups is 2. The second-order valence-electron chi connectivity index (χ2n) is 12.9. The molecule has 23 heteroatoms. The molecule has 0 radical (unpaired) electrons. The van der Waals surface area contributed by atoms with Gasteiger partial charge in [0.05, 0.1) is 45.2 Å². The Bertz CT molecular complexity index is 2410. The van der Waals surface area contributed by atoms with Crippen molar-refractivity contribution in [1.29, 1.82) is 10.5 Å². The molecule has 2 heterocycles. The predicted octanol–water partition coefficient (Wildman–Crippen LogP) is 14.6. The fourth-order valence-electron chi connectivity index (χ4n) is 4.77. The summed E-state index contributed by atoms with van der Waals surface area (Å²) in [6.45, 7) is 12.4. The SMILES string of the molecule is C.C.CCO/C=C(/C#N)C(=O)Nc1ccc(OCc2ccccn2)c(Cl)c1.CCOC(OCC)OCC.CCOc1cc(N)ccc1Br.N#CCC(=O)Nc1ccc(OCc2ccccn2)c(Cl)c1.[I][V]([I])[I]. The van der Waals surface area contributed by atoms with Crippen molar-refractivity contribution in [2.24, 2.45) is 0 Å². The van der Waals surface area contributed by atoms with Crippen LogP contribution >= 0.6 is 99.1 Å². The molecule has 0 aliphatic rings. The van der Waals surface area contributed by atoms with Gasteiger partial charge in [0.25, 0.3) is 12.4 Å². The molecule has 0 saturated heterocycles. The minimum absolute atomic E-state index is 0. The summed E-state index contributed by atoms with van der Waals surface area (Å²) in [6, 6.07) is 29.9. The van der Waals surface area contributed by atoms with E-state index in [-0.39, 0.29) is 44.3 Å². The molecule has 5 rings (SSSR count). The van der Waals surface area contributed by atoms with Crippen LogP contribution in [0.5, 0.6) is 17.2 Å². The molecule has 0 bridgehead atoms. The van der Waals surface area contributed by atoms with Crippen LogP contribution < -0.4 is 30.6 Å². The van der Waals surface area contributed by atoms with E-state index >= 15 is 0 Å². The van der Waals surface area contributed by atoms with Crippen LogP contribution in [0.15, 0.2) is 120 Å². The van der Waals surface area contributed by atoms with Gasteiger partial charge < -0.3 is 49.5 Å². The van der Waals surface area contributed by atoms with Gasteiger partial charge in [-0.15, -0.1) is 0 Å². The van der Waals surface area contributed by atoms with Gasteiger partial charge in [-0.05, 0) is 123 Å². The Balaban J connectivity index is 0. The molecular formula is C50H62BrCl2I3N7O9V. The second-order valence-corrected chi connectivity index (χ2v) is 50.0. The van der Waals surface area contributed by atoms with Crippen LogP contribution in [-0.2, 0) is 46.7 Å². The molecule has 0 fully saturated rings. The number of nitrogen functional groups attached to an aromatic ring is 1. The number of nitrogens with one attached hydrogen (secondary N) is 2. The van der Waals surface area contributed by atoms with Gasteiger partial charge in [0.2, 0.25) is 5.91 Å². The summed E-state index contributed by atoms with van der Waals surface area (Å²) >= 11 is 23.0. The predicted molar refractivity (Wildman–Crippen MR) is 317 cm³/mol. The molecule has 0 atom stereocenters. The molecule has 0 unspecified atom stereocenters. The Hall–Kier alpha value is -3.67. The van der Waals surface area contributed by atoms with Gasteiger partial charge in [-0.2, -0.15) is 10.5 Å². The number of rotatable bonds is 20. The number of amides is 2. The molecule has 5 aromatic rings. The first-order valence-corrected chi connectivity index (χ1v) is 36.4. The van der Waals surface area contributed by atoms with Crippen molar-refractivity contribution in [3.05, 3.63) is 141 Å². The molecule has 0 saturated carbocycles. The van der Waals surface area contributed by atoms with Crippen LogP contribution in [0.3, 0.4) is 0 Å². The van der Waals surface area contributed by atoms with E-state index in [0.29, 0.717) is 72.6 Å². The molecule has 0 aliphatic heterocycles. The Kier molecular flexibility index (Phi) is 43.6. The number of pyridine rings is 2. The zero-order chi connectivity index (χ0) is 52.8. The van der Waals surface area contributed by atoms with Crippen LogP contribution in [0.2, 0.25) is 10.0 Å². The number of anilines is 3. The standard InChI is InChI=1S/C18H16ClN3O3.C15H12ClN3O2.C8H10BrNO.C7H16O3.2CH4.3HI.V/c1-2-24-11-13(10-20)18(23)22-14-6-7-17(16(19)9-14)25-12-15-5-3-4-8-21-15;16-13-9-11(19-15(20)6-7-17)4-5-14(13)21-10-12-3-1-2-8-18-12;1-2-11-8-5-6(10)3-4-7(8)9;1-4-8-7(9-5-2)10-6-3;;;;;;/h3-9,11H,2,12H2,1H3,(H,22,23);1-5,8-9H,6,10H2,(H,19,20);3-5H,2,10H2,1H3;7H,4-6H2,1-3H3;2*1H4;3*1H;/q;;;;;;;;;+3/p-3/b13-11-;;;;;;;;;. The third kappa shape index (κ3) is 33.8. The number of nitriles is 2. The summed E-state index contributed by atoms with van der Waals surface area (Å²) in [7, 11) is 0. The quantitative estimate of drug-likeness (QED) is 0.0165. The van der Waals surface area contributed by atoms with Crippen molar-refractivity contribution in [3.63, 3.8) is 0 Å². The number of hydrogen-bond donors (Lipinski definition) is 3. The molecular weight excluding hydrogens is 1430 g/mol. The van der Waals surface area contributed by atoms with Crippen molar-refractivity contribution < 1.29 is 47.7 Å². The first kappa shape index (κ1) is 71.4. The number of benzene rings is 3. The molecule has 0 aliphatic carbocycles. The normalized spacial score (nSPS) is 9.88. The summed E-state index contributed by atoms with van der Waals surface area (Å²) in [5, 5.41) is 23.3. The third-order valence-corrected chi connectivity index (χ3v) is 8.99. The van der Waals surface area contributed by atoms with Gasteiger partial charge in [-0.25, -0.2) is 0 Å². The van der Waals surface area contributed by atoms with Crippen molar-refractivity contribution in [2.75, 3.05) is 49.4 Å². The Morgan fingerprint density at radius 1 is 0.712 bits per heavy atom. The van der Waals surface area contributed by atoms with Crippen molar-refractivity contribution in [2.45, 2.75) is 75.6 Å². The van der Waals surface area contributed by atoms with Gasteiger partial charge in [-0.1, -0.05) is 50.2 Å². The maximum absolute atomic E-state index is 12.0. The van der Waals surface area contributed by atoms with Gasteiger partial charge in [0.15, 0.2) is 5.57 Å². The van der Waals surface area contributed by atoms with E-state index in [0.717, 1.165) is 33.6 Å². The van der Waals surface area contributed by atoms with Crippen LogP contribution in [0.1, 0.15) is 67.3 Å². The zero-order valence-corrected chi connectivity index (χ0v) is 50.3.